The number of carbonyl (C=O) groups excluding carboxylic acids is 2. The molecule has 0 unspecified atom stereocenters. The van der Waals surface area contributed by atoms with Crippen molar-refractivity contribution in [1.29, 1.82) is 0 Å². The topological polar surface area (TPSA) is 126 Å². The van der Waals surface area contributed by atoms with E-state index in [1.165, 1.54) is 0 Å². The van der Waals surface area contributed by atoms with E-state index < -0.39 is 5.97 Å². The number of benzene rings is 3. The maximum atomic E-state index is 15.2. The summed E-state index contributed by atoms with van der Waals surface area (Å²) in [5.41, 5.74) is 8.86. The summed E-state index contributed by atoms with van der Waals surface area (Å²) in [6.45, 7) is 12.8. The molecule has 3 aromatic heterocycles. The summed E-state index contributed by atoms with van der Waals surface area (Å²) >= 11 is 13.6. The van der Waals surface area contributed by atoms with Crippen molar-refractivity contribution in [3.63, 3.8) is 0 Å². The van der Waals surface area contributed by atoms with Crippen LogP contribution in [0.4, 0.5) is 5.69 Å². The molecule has 59 heavy (non-hydrogen) atoms. The van der Waals surface area contributed by atoms with Crippen molar-refractivity contribution in [2.24, 2.45) is 7.05 Å². The van der Waals surface area contributed by atoms with Crippen LogP contribution in [-0.4, -0.2) is 91.6 Å². The van der Waals surface area contributed by atoms with Gasteiger partial charge in [-0.05, 0) is 101 Å². The fourth-order valence-electron chi connectivity index (χ4n) is 8.88. The molecule has 0 bridgehead atoms. The van der Waals surface area contributed by atoms with Crippen LogP contribution in [0, 0.1) is 27.7 Å². The van der Waals surface area contributed by atoms with Gasteiger partial charge >= 0.3 is 5.97 Å². The number of nitrogens with zero attached hydrogens (tertiary/aromatic N) is 7. The molecule has 1 saturated heterocycles. The van der Waals surface area contributed by atoms with E-state index in [1.807, 2.05) is 76.8 Å². The second-order valence-electron chi connectivity index (χ2n) is 16.0. The number of fused-ring (bicyclic) bond motifs is 4. The molecular formula is C45H47Cl2N7O5. The second-order valence-corrected chi connectivity index (χ2v) is 16.8. The smallest absolute Gasteiger partial charge is 0.335 e. The number of carboxylic acids is 1. The van der Waals surface area contributed by atoms with Gasteiger partial charge in [0.15, 0.2) is 0 Å². The molecule has 14 heteroatoms. The molecule has 1 atom stereocenters. The van der Waals surface area contributed by atoms with Gasteiger partial charge in [-0.25, -0.2) is 14.8 Å². The molecule has 5 heterocycles. The van der Waals surface area contributed by atoms with Gasteiger partial charge in [0.25, 0.3) is 5.91 Å². The predicted octanol–water partition coefficient (Wildman–Crippen LogP) is 8.34. The number of aromatic nitrogens is 4. The number of halogens is 2. The van der Waals surface area contributed by atoms with E-state index in [0.29, 0.717) is 73.2 Å². The second kappa shape index (κ2) is 15.6. The Morgan fingerprint density at radius 3 is 2.32 bits per heavy atom. The fraction of sp³-hybridized carbons (Fsp3) is 0.356. The van der Waals surface area contributed by atoms with Gasteiger partial charge in [0.2, 0.25) is 5.91 Å². The number of amides is 2. The number of piperazine rings is 1. The Bertz CT molecular complexity index is 2670. The van der Waals surface area contributed by atoms with Crippen LogP contribution in [-0.2, 0) is 24.8 Å². The van der Waals surface area contributed by atoms with Gasteiger partial charge in [0, 0.05) is 89.8 Å². The molecule has 2 aliphatic rings. The summed E-state index contributed by atoms with van der Waals surface area (Å²) < 4.78 is 10.3. The standard InChI is InChI=1S/C45H47Cl2N7O5/c1-24-17-30(18-25(2)41(24)47)59-16-8-9-31-32-11-12-34(46)40(39-27(4)48-37(49-28(39)5)22-52-15-14-50(6)38(55)23-52)42(32)54-26(3)20-53(44(56)43(31)54)36-21-51(7)35-13-10-29(45(57)58)19-33(35)36/h10-13,17-19,21,26H,8-9,14-16,20,22-23H2,1-7H3,(H,57,58)/t26-/m1/s1. The van der Waals surface area contributed by atoms with Gasteiger partial charge in [-0.15, -0.1) is 0 Å². The SMILES string of the molecule is Cc1cc(OCCCc2c3n(c4c(-c5c(C)nc(CN6CCN(C)C(=O)C6)nc5C)c(Cl)ccc24)[C@H](C)CN(c2cn(C)c4ccc(C(=O)O)cc24)C3=O)cc(C)c1Cl. The Hall–Kier alpha value is -5.43. The number of anilines is 1. The third kappa shape index (κ3) is 7.21. The van der Waals surface area contributed by atoms with Crippen molar-refractivity contribution in [3.05, 3.63) is 104 Å². The third-order valence-corrected chi connectivity index (χ3v) is 12.7. The highest BCUT2D eigenvalue weighted by molar-refractivity contribution is 6.35. The van der Waals surface area contributed by atoms with Crippen LogP contribution in [0.25, 0.3) is 32.9 Å². The van der Waals surface area contributed by atoms with Gasteiger partial charge in [-0.3, -0.25) is 14.5 Å². The van der Waals surface area contributed by atoms with Crippen molar-refractivity contribution >= 4 is 68.5 Å². The zero-order valence-electron chi connectivity index (χ0n) is 34.3. The first kappa shape index (κ1) is 40.4. The van der Waals surface area contributed by atoms with Crippen LogP contribution in [0.1, 0.15) is 74.1 Å². The summed E-state index contributed by atoms with van der Waals surface area (Å²) in [5.74, 6) is 0.228. The normalized spacial score (nSPS) is 16.1. The van der Waals surface area contributed by atoms with Crippen LogP contribution in [0.3, 0.4) is 0 Å². The highest BCUT2D eigenvalue weighted by atomic mass is 35.5. The quantitative estimate of drug-likeness (QED) is 0.137. The molecule has 306 valence electrons. The maximum Gasteiger partial charge on any atom is 0.335 e. The molecule has 0 spiro atoms. The molecule has 6 aromatic rings. The number of carboxylic acid groups (broad SMARTS) is 1. The lowest BCUT2D eigenvalue weighted by atomic mass is 9.97. The lowest BCUT2D eigenvalue weighted by Crippen LogP contribution is -2.48. The Balaban J connectivity index is 1.24. The summed E-state index contributed by atoms with van der Waals surface area (Å²) in [5, 5.41) is 12.7. The van der Waals surface area contributed by atoms with Gasteiger partial charge in [-0.1, -0.05) is 29.3 Å². The van der Waals surface area contributed by atoms with Crippen molar-refractivity contribution in [1.82, 2.24) is 28.9 Å². The molecule has 8 rings (SSSR count). The number of likely N-dealkylation sites (N-methyl/N-ethyl adjacent to an activating group) is 1. The summed E-state index contributed by atoms with van der Waals surface area (Å²) in [6.07, 6.45) is 3.05. The molecule has 1 fully saturated rings. The van der Waals surface area contributed by atoms with Crippen LogP contribution < -0.4 is 9.64 Å². The molecule has 3 aromatic carbocycles. The molecule has 0 radical (unpaired) electrons. The first-order chi connectivity index (χ1) is 28.1. The maximum absolute atomic E-state index is 15.2. The Kier molecular flexibility index (Phi) is 10.7. The van der Waals surface area contributed by atoms with E-state index >= 15 is 4.79 Å². The van der Waals surface area contributed by atoms with Crippen molar-refractivity contribution in [2.75, 3.05) is 44.7 Å². The number of aryl methyl sites for hydroxylation is 6. The van der Waals surface area contributed by atoms with Gasteiger partial charge in [0.1, 0.15) is 17.3 Å². The molecule has 2 aliphatic heterocycles. The van der Waals surface area contributed by atoms with E-state index in [1.54, 1.807) is 28.0 Å². The van der Waals surface area contributed by atoms with E-state index in [2.05, 4.69) is 16.4 Å². The van der Waals surface area contributed by atoms with E-state index in [9.17, 15) is 14.7 Å². The molecule has 12 nitrogen and oxygen atoms in total. The van der Waals surface area contributed by atoms with Crippen LogP contribution in [0.5, 0.6) is 5.75 Å². The number of hydrogen-bond acceptors (Lipinski definition) is 7. The van der Waals surface area contributed by atoms with Crippen molar-refractivity contribution < 1.29 is 24.2 Å². The molecule has 1 N–H and O–H groups in total. The largest absolute Gasteiger partial charge is 0.494 e. The van der Waals surface area contributed by atoms with Crippen LogP contribution in [0.2, 0.25) is 10.0 Å². The predicted molar refractivity (Wildman–Crippen MR) is 231 cm³/mol. The number of ether oxygens (including phenoxy) is 1. The fourth-order valence-corrected chi connectivity index (χ4v) is 9.24. The Morgan fingerprint density at radius 2 is 1.64 bits per heavy atom. The van der Waals surface area contributed by atoms with E-state index in [0.717, 1.165) is 72.9 Å². The zero-order valence-corrected chi connectivity index (χ0v) is 35.8. The van der Waals surface area contributed by atoms with E-state index in [4.69, 9.17) is 37.9 Å². The van der Waals surface area contributed by atoms with E-state index in [-0.39, 0.29) is 23.4 Å². The lowest BCUT2D eigenvalue weighted by molar-refractivity contribution is -0.134. The highest BCUT2D eigenvalue weighted by Gasteiger charge is 2.38. The number of hydrogen-bond donors (Lipinski definition) is 1. The Morgan fingerprint density at radius 1 is 0.932 bits per heavy atom. The first-order valence-electron chi connectivity index (χ1n) is 19.8. The first-order valence-corrected chi connectivity index (χ1v) is 20.6. The summed E-state index contributed by atoms with van der Waals surface area (Å²) in [7, 11) is 3.71. The molecule has 0 aliphatic carbocycles. The number of aromatic carboxylic acids is 1. The summed E-state index contributed by atoms with van der Waals surface area (Å²) in [6, 6.07) is 12.6. The van der Waals surface area contributed by atoms with Gasteiger partial charge < -0.3 is 28.8 Å². The van der Waals surface area contributed by atoms with Crippen LogP contribution >= 0.6 is 23.2 Å². The molecule has 0 saturated carbocycles. The monoisotopic (exact) mass is 835 g/mol. The lowest BCUT2D eigenvalue weighted by Gasteiger charge is -2.34. The average molecular weight is 837 g/mol. The number of rotatable bonds is 10. The minimum Gasteiger partial charge on any atom is -0.494 e. The molecule has 2 amide bonds. The van der Waals surface area contributed by atoms with Crippen molar-refractivity contribution in [3.8, 4) is 16.9 Å². The number of carbonyl (C=O) groups is 3. The van der Waals surface area contributed by atoms with Gasteiger partial charge in [-0.2, -0.15) is 0 Å². The minimum absolute atomic E-state index is 0.0722. The zero-order chi connectivity index (χ0) is 42.0. The van der Waals surface area contributed by atoms with Crippen molar-refractivity contribution in [2.45, 2.75) is 60.0 Å². The molecular weight excluding hydrogens is 789 g/mol. The van der Waals surface area contributed by atoms with Crippen LogP contribution in [0.15, 0.2) is 48.7 Å². The Labute approximate surface area is 352 Å². The van der Waals surface area contributed by atoms with Gasteiger partial charge in [0.05, 0.1) is 41.5 Å². The average Bonchev–Trinajstić information content (AvgIpc) is 3.70. The highest BCUT2D eigenvalue weighted by Crippen LogP contribution is 2.45. The third-order valence-electron chi connectivity index (χ3n) is 11.8. The summed E-state index contributed by atoms with van der Waals surface area (Å²) in [4.78, 5) is 55.2. The minimum atomic E-state index is -1.03.